The van der Waals surface area contributed by atoms with Gasteiger partial charge in [-0.25, -0.2) is 4.39 Å². The molecule has 0 atom stereocenters. The maximum absolute atomic E-state index is 13.8. The standard InChI is InChI=1S/C14H20BrClFN/c1-14(2,6-7-18-3)5-4-10-8-12(16)11(15)9-13(10)17/h8-9,18H,4-7H2,1-3H3. The molecular weight excluding hydrogens is 317 g/mol. The van der Waals surface area contributed by atoms with E-state index in [2.05, 4.69) is 35.1 Å². The molecule has 1 nitrogen and oxygen atoms in total. The highest BCUT2D eigenvalue weighted by Crippen LogP contribution is 2.30. The van der Waals surface area contributed by atoms with Crippen LogP contribution in [0, 0.1) is 11.2 Å². The Kier molecular flexibility index (Phi) is 6.09. The van der Waals surface area contributed by atoms with Crippen molar-refractivity contribution in [1.82, 2.24) is 5.32 Å². The third-order valence-corrected chi connectivity index (χ3v) is 4.41. The number of rotatable bonds is 6. The summed E-state index contributed by atoms with van der Waals surface area (Å²) >= 11 is 9.22. The molecule has 0 aliphatic carbocycles. The third-order valence-electron chi connectivity index (χ3n) is 3.21. The average Bonchev–Trinajstić information content (AvgIpc) is 2.30. The van der Waals surface area contributed by atoms with E-state index in [1.807, 2.05) is 7.05 Å². The van der Waals surface area contributed by atoms with Crippen LogP contribution in [-0.2, 0) is 6.42 Å². The fourth-order valence-corrected chi connectivity index (χ4v) is 2.32. The van der Waals surface area contributed by atoms with Crippen molar-refractivity contribution >= 4 is 27.5 Å². The number of hydrogen-bond donors (Lipinski definition) is 1. The molecule has 1 aromatic rings. The molecule has 0 saturated heterocycles. The number of benzene rings is 1. The van der Waals surface area contributed by atoms with Gasteiger partial charge in [0.2, 0.25) is 0 Å². The minimum Gasteiger partial charge on any atom is -0.320 e. The summed E-state index contributed by atoms with van der Waals surface area (Å²) in [4.78, 5) is 0. The first kappa shape index (κ1) is 15.9. The van der Waals surface area contributed by atoms with E-state index >= 15 is 0 Å². The van der Waals surface area contributed by atoms with Crippen molar-refractivity contribution in [1.29, 1.82) is 0 Å². The van der Waals surface area contributed by atoms with Crippen LogP contribution in [0.15, 0.2) is 16.6 Å². The number of nitrogens with one attached hydrogen (secondary N) is 1. The molecule has 0 heterocycles. The molecule has 0 unspecified atom stereocenters. The molecule has 0 bridgehead atoms. The first-order chi connectivity index (χ1) is 8.35. The largest absolute Gasteiger partial charge is 0.320 e. The summed E-state index contributed by atoms with van der Waals surface area (Å²) in [7, 11) is 1.95. The Labute approximate surface area is 122 Å². The smallest absolute Gasteiger partial charge is 0.127 e. The number of hydrogen-bond acceptors (Lipinski definition) is 1. The molecule has 0 radical (unpaired) electrons. The van der Waals surface area contributed by atoms with E-state index < -0.39 is 0 Å². The van der Waals surface area contributed by atoms with Crippen LogP contribution in [-0.4, -0.2) is 13.6 Å². The first-order valence-electron chi connectivity index (χ1n) is 6.14. The summed E-state index contributed by atoms with van der Waals surface area (Å²) in [6.07, 6.45) is 2.74. The van der Waals surface area contributed by atoms with Crippen LogP contribution in [0.4, 0.5) is 4.39 Å². The van der Waals surface area contributed by atoms with Crippen molar-refractivity contribution < 1.29 is 4.39 Å². The Morgan fingerprint density at radius 2 is 2.00 bits per heavy atom. The van der Waals surface area contributed by atoms with Crippen molar-refractivity contribution in [3.05, 3.63) is 33.0 Å². The molecule has 1 aromatic carbocycles. The summed E-state index contributed by atoms with van der Waals surface area (Å²) in [6.45, 7) is 5.40. The van der Waals surface area contributed by atoms with Crippen molar-refractivity contribution in [3.63, 3.8) is 0 Å². The lowest BCUT2D eigenvalue weighted by atomic mass is 9.83. The van der Waals surface area contributed by atoms with Gasteiger partial charge in [0.05, 0.1) is 5.02 Å². The van der Waals surface area contributed by atoms with E-state index in [1.54, 1.807) is 6.07 Å². The highest BCUT2D eigenvalue weighted by molar-refractivity contribution is 9.10. The van der Waals surface area contributed by atoms with Crippen LogP contribution in [0.5, 0.6) is 0 Å². The Morgan fingerprint density at radius 3 is 2.61 bits per heavy atom. The van der Waals surface area contributed by atoms with Gasteiger partial charge >= 0.3 is 0 Å². The van der Waals surface area contributed by atoms with Gasteiger partial charge in [-0.1, -0.05) is 25.4 Å². The molecule has 0 amide bonds. The molecule has 0 saturated carbocycles. The van der Waals surface area contributed by atoms with Crippen molar-refractivity contribution in [2.75, 3.05) is 13.6 Å². The lowest BCUT2D eigenvalue weighted by Crippen LogP contribution is -2.20. The monoisotopic (exact) mass is 335 g/mol. The van der Waals surface area contributed by atoms with Gasteiger partial charge in [0, 0.05) is 4.47 Å². The Morgan fingerprint density at radius 1 is 1.33 bits per heavy atom. The van der Waals surface area contributed by atoms with Crippen LogP contribution in [0.25, 0.3) is 0 Å². The summed E-state index contributed by atoms with van der Waals surface area (Å²) in [6, 6.07) is 3.16. The molecule has 0 aromatic heterocycles. The normalized spacial score (nSPS) is 11.9. The van der Waals surface area contributed by atoms with Crippen molar-refractivity contribution in [3.8, 4) is 0 Å². The summed E-state index contributed by atoms with van der Waals surface area (Å²) < 4.78 is 14.4. The maximum atomic E-state index is 13.8. The number of aryl methyl sites for hydroxylation is 1. The van der Waals surface area contributed by atoms with Crippen LogP contribution in [0.3, 0.4) is 0 Å². The zero-order chi connectivity index (χ0) is 13.8. The Hall–Kier alpha value is -0.120. The molecule has 102 valence electrons. The second kappa shape index (κ2) is 6.88. The van der Waals surface area contributed by atoms with Gasteiger partial charge in [0.25, 0.3) is 0 Å². The molecular formula is C14H20BrClFN. The van der Waals surface area contributed by atoms with Gasteiger partial charge in [-0.15, -0.1) is 0 Å². The van der Waals surface area contributed by atoms with Crippen LogP contribution < -0.4 is 5.32 Å². The van der Waals surface area contributed by atoms with E-state index in [0.29, 0.717) is 15.1 Å². The van der Waals surface area contributed by atoms with Gasteiger partial charge in [0.15, 0.2) is 0 Å². The lowest BCUT2D eigenvalue weighted by Gasteiger charge is -2.24. The predicted molar refractivity (Wildman–Crippen MR) is 79.8 cm³/mol. The molecule has 0 aliphatic rings. The van der Waals surface area contributed by atoms with Gasteiger partial charge in [0.1, 0.15) is 5.82 Å². The van der Waals surface area contributed by atoms with Gasteiger partial charge in [-0.3, -0.25) is 0 Å². The molecule has 0 fully saturated rings. The summed E-state index contributed by atoms with van der Waals surface area (Å²) in [5.74, 6) is -0.185. The molecule has 18 heavy (non-hydrogen) atoms. The Balaban J connectivity index is 2.66. The minimum atomic E-state index is -0.185. The fourth-order valence-electron chi connectivity index (χ4n) is 1.82. The highest BCUT2D eigenvalue weighted by Gasteiger charge is 2.18. The maximum Gasteiger partial charge on any atom is 0.127 e. The Bertz CT molecular complexity index is 407. The SMILES string of the molecule is CNCCC(C)(C)CCc1cc(Cl)c(Br)cc1F. The van der Waals surface area contributed by atoms with Gasteiger partial charge in [-0.05, 0) is 71.9 Å². The quantitative estimate of drug-likeness (QED) is 0.735. The second-order valence-corrected chi connectivity index (χ2v) is 6.64. The highest BCUT2D eigenvalue weighted by atomic mass is 79.9. The molecule has 4 heteroatoms. The van der Waals surface area contributed by atoms with Crippen LogP contribution in [0.2, 0.25) is 5.02 Å². The molecule has 1 N–H and O–H groups in total. The van der Waals surface area contributed by atoms with E-state index in [0.717, 1.165) is 25.8 Å². The van der Waals surface area contributed by atoms with E-state index in [-0.39, 0.29) is 11.2 Å². The summed E-state index contributed by atoms with van der Waals surface area (Å²) in [5.41, 5.74) is 0.898. The summed E-state index contributed by atoms with van der Waals surface area (Å²) in [5, 5.41) is 3.72. The molecule has 1 rings (SSSR count). The lowest BCUT2D eigenvalue weighted by molar-refractivity contribution is 0.304. The van der Waals surface area contributed by atoms with Crippen LogP contribution in [0.1, 0.15) is 32.3 Å². The van der Waals surface area contributed by atoms with Crippen molar-refractivity contribution in [2.24, 2.45) is 5.41 Å². The zero-order valence-electron chi connectivity index (χ0n) is 11.1. The van der Waals surface area contributed by atoms with Crippen molar-refractivity contribution in [2.45, 2.75) is 33.1 Å². The van der Waals surface area contributed by atoms with E-state index in [1.165, 1.54) is 6.07 Å². The second-order valence-electron chi connectivity index (χ2n) is 5.38. The molecule has 0 aliphatic heterocycles. The predicted octanol–water partition coefficient (Wildman–Crippen LogP) is 4.81. The number of halogens is 3. The average molecular weight is 337 g/mol. The fraction of sp³-hybridized carbons (Fsp3) is 0.571. The zero-order valence-corrected chi connectivity index (χ0v) is 13.5. The third kappa shape index (κ3) is 4.87. The van der Waals surface area contributed by atoms with Gasteiger partial charge < -0.3 is 5.32 Å². The minimum absolute atomic E-state index is 0.185. The van der Waals surface area contributed by atoms with E-state index in [4.69, 9.17) is 11.6 Å². The van der Waals surface area contributed by atoms with Gasteiger partial charge in [-0.2, -0.15) is 0 Å². The van der Waals surface area contributed by atoms with E-state index in [9.17, 15) is 4.39 Å². The first-order valence-corrected chi connectivity index (χ1v) is 7.31. The van der Waals surface area contributed by atoms with Crippen LogP contribution >= 0.6 is 27.5 Å². The molecule has 0 spiro atoms. The topological polar surface area (TPSA) is 12.0 Å².